The van der Waals surface area contributed by atoms with Crippen molar-refractivity contribution in [2.24, 2.45) is 0 Å². The van der Waals surface area contributed by atoms with Crippen LogP contribution in [0, 0.1) is 0 Å². The van der Waals surface area contributed by atoms with Gasteiger partial charge in [0.15, 0.2) is 6.10 Å². The van der Waals surface area contributed by atoms with Crippen molar-refractivity contribution in [3.05, 3.63) is 59.2 Å². The molecule has 5 nitrogen and oxygen atoms in total. The third kappa shape index (κ3) is 6.59. The normalized spacial score (nSPS) is 15.4. The van der Waals surface area contributed by atoms with Crippen molar-refractivity contribution in [3.63, 3.8) is 0 Å². The molecule has 0 radical (unpaired) electrons. The van der Waals surface area contributed by atoms with Gasteiger partial charge in [-0.25, -0.2) is 4.79 Å². The number of carbonyl (C=O) groups is 2. The quantitative estimate of drug-likeness (QED) is 0.447. The van der Waals surface area contributed by atoms with E-state index in [9.17, 15) is 9.59 Å². The second kappa shape index (κ2) is 11.4. The van der Waals surface area contributed by atoms with Crippen molar-refractivity contribution in [3.8, 4) is 5.75 Å². The predicted molar refractivity (Wildman–Crippen MR) is 132 cm³/mol. The Morgan fingerprint density at radius 2 is 1.42 bits per heavy atom. The first-order valence-electron chi connectivity index (χ1n) is 12.2. The van der Waals surface area contributed by atoms with Crippen molar-refractivity contribution in [2.45, 2.75) is 90.8 Å². The van der Waals surface area contributed by atoms with Gasteiger partial charge in [0.25, 0.3) is 5.91 Å². The molecule has 0 bridgehead atoms. The molecule has 2 aromatic rings. The highest BCUT2D eigenvalue weighted by atomic mass is 16.6. The first-order chi connectivity index (χ1) is 15.8. The summed E-state index contributed by atoms with van der Waals surface area (Å²) in [7, 11) is 0. The number of carbonyl (C=O) groups excluding carboxylic acids is 2. The van der Waals surface area contributed by atoms with Crippen LogP contribution in [0.3, 0.4) is 0 Å². The summed E-state index contributed by atoms with van der Waals surface area (Å²) in [6.45, 7) is 10.2. The fourth-order valence-electron chi connectivity index (χ4n) is 4.26. The molecule has 1 amide bonds. The third-order valence-electron chi connectivity index (χ3n) is 6.21. The third-order valence-corrected chi connectivity index (χ3v) is 6.21. The van der Waals surface area contributed by atoms with Crippen LogP contribution < -0.4 is 10.1 Å². The maximum absolute atomic E-state index is 13.0. The van der Waals surface area contributed by atoms with E-state index in [2.05, 4.69) is 45.1 Å². The Balaban J connectivity index is 1.64. The van der Waals surface area contributed by atoms with E-state index >= 15 is 0 Å². The fraction of sp³-hybridized carbons (Fsp3) is 0.500. The van der Waals surface area contributed by atoms with Gasteiger partial charge in [0.2, 0.25) is 0 Å². The van der Waals surface area contributed by atoms with E-state index in [0.717, 1.165) is 42.5 Å². The average Bonchev–Trinajstić information content (AvgIpc) is 2.80. The van der Waals surface area contributed by atoms with Gasteiger partial charge in [0.1, 0.15) is 11.9 Å². The number of amides is 1. The largest absolute Gasteiger partial charge is 0.479 e. The summed E-state index contributed by atoms with van der Waals surface area (Å²) in [5.41, 5.74) is 3.68. The highest BCUT2D eigenvalue weighted by Crippen LogP contribution is 2.33. The Morgan fingerprint density at radius 1 is 0.848 bits per heavy atom. The van der Waals surface area contributed by atoms with Gasteiger partial charge in [-0.15, -0.1) is 0 Å². The Labute approximate surface area is 197 Å². The van der Waals surface area contributed by atoms with Gasteiger partial charge >= 0.3 is 5.97 Å². The molecule has 0 aliphatic heterocycles. The van der Waals surface area contributed by atoms with Crippen LogP contribution in [0.25, 0.3) is 0 Å². The zero-order chi connectivity index (χ0) is 24.0. The summed E-state index contributed by atoms with van der Waals surface area (Å²) in [5, 5.41) is 3.13. The van der Waals surface area contributed by atoms with Crippen LogP contribution in [0.2, 0.25) is 0 Å². The smallest absolute Gasteiger partial charge is 0.347 e. The number of para-hydroxylation sites is 1. The second-order valence-corrected chi connectivity index (χ2v) is 9.56. The number of esters is 1. The lowest BCUT2D eigenvalue weighted by atomic mass is 9.92. The molecule has 33 heavy (non-hydrogen) atoms. The molecule has 1 fully saturated rings. The molecule has 3 rings (SSSR count). The monoisotopic (exact) mass is 451 g/mol. The standard InChI is InChI=1S/C28H37NO4/c1-18(2)24-12-9-13-25(19(3)4)26(24)29-27(30)21-14-16-23(17-15-21)32-20(5)28(31)33-22-10-7-6-8-11-22/h9,12-20,22H,6-8,10-11H2,1-5H3,(H,29,30). The molecule has 5 heteroatoms. The lowest BCUT2D eigenvalue weighted by molar-refractivity contribution is -0.158. The summed E-state index contributed by atoms with van der Waals surface area (Å²) in [4.78, 5) is 25.4. The van der Waals surface area contributed by atoms with E-state index in [0.29, 0.717) is 23.1 Å². The minimum atomic E-state index is -0.696. The van der Waals surface area contributed by atoms with E-state index in [1.807, 2.05) is 6.07 Å². The molecule has 1 aliphatic carbocycles. The number of hydrogen-bond acceptors (Lipinski definition) is 4. The van der Waals surface area contributed by atoms with Crippen LogP contribution in [-0.2, 0) is 9.53 Å². The van der Waals surface area contributed by atoms with Gasteiger partial charge in [-0.3, -0.25) is 4.79 Å². The Hall–Kier alpha value is -2.82. The first kappa shape index (κ1) is 24.8. The Morgan fingerprint density at radius 3 is 1.97 bits per heavy atom. The van der Waals surface area contributed by atoms with E-state index in [-0.39, 0.29) is 18.0 Å². The molecule has 1 atom stereocenters. The van der Waals surface area contributed by atoms with Crippen LogP contribution in [0.15, 0.2) is 42.5 Å². The molecule has 0 spiro atoms. The number of anilines is 1. The highest BCUT2D eigenvalue weighted by molar-refractivity contribution is 6.05. The van der Waals surface area contributed by atoms with Gasteiger partial charge in [-0.05, 0) is 79.8 Å². The summed E-state index contributed by atoms with van der Waals surface area (Å²) < 4.78 is 11.4. The number of benzene rings is 2. The Bertz CT molecular complexity index is 917. The predicted octanol–water partition coefficient (Wildman–Crippen LogP) is 6.83. The first-order valence-corrected chi connectivity index (χ1v) is 12.2. The van der Waals surface area contributed by atoms with Crippen LogP contribution in [0.4, 0.5) is 5.69 Å². The van der Waals surface area contributed by atoms with Gasteiger partial charge < -0.3 is 14.8 Å². The van der Waals surface area contributed by atoms with Crippen LogP contribution in [0.1, 0.15) is 100 Å². The highest BCUT2D eigenvalue weighted by Gasteiger charge is 2.23. The maximum Gasteiger partial charge on any atom is 0.347 e. The SMILES string of the molecule is CC(Oc1ccc(C(=O)Nc2c(C(C)C)cccc2C(C)C)cc1)C(=O)OC1CCCCC1. The van der Waals surface area contributed by atoms with Crippen molar-refractivity contribution in [2.75, 3.05) is 5.32 Å². The molecule has 1 aliphatic rings. The summed E-state index contributed by atoms with van der Waals surface area (Å²) in [6, 6.07) is 13.1. The van der Waals surface area contributed by atoms with Crippen molar-refractivity contribution in [1.29, 1.82) is 0 Å². The van der Waals surface area contributed by atoms with Crippen molar-refractivity contribution in [1.82, 2.24) is 0 Å². The van der Waals surface area contributed by atoms with Gasteiger partial charge in [-0.1, -0.05) is 52.3 Å². The van der Waals surface area contributed by atoms with Crippen LogP contribution in [-0.4, -0.2) is 24.1 Å². The Kier molecular flexibility index (Phi) is 8.54. The van der Waals surface area contributed by atoms with E-state index in [1.165, 1.54) is 6.42 Å². The molecular weight excluding hydrogens is 414 g/mol. The van der Waals surface area contributed by atoms with E-state index < -0.39 is 6.10 Å². The minimum absolute atomic E-state index is 0.00724. The summed E-state index contributed by atoms with van der Waals surface area (Å²) in [5.74, 6) is 0.621. The maximum atomic E-state index is 13.0. The molecule has 0 heterocycles. The van der Waals surface area contributed by atoms with Gasteiger partial charge in [0.05, 0.1) is 0 Å². The van der Waals surface area contributed by atoms with Crippen molar-refractivity contribution < 1.29 is 19.1 Å². The van der Waals surface area contributed by atoms with Crippen LogP contribution in [0.5, 0.6) is 5.75 Å². The lowest BCUT2D eigenvalue weighted by Crippen LogP contribution is -2.31. The molecule has 0 aromatic heterocycles. The summed E-state index contributed by atoms with van der Waals surface area (Å²) in [6.07, 6.45) is 4.60. The second-order valence-electron chi connectivity index (χ2n) is 9.56. The molecular formula is C28H37NO4. The average molecular weight is 452 g/mol. The minimum Gasteiger partial charge on any atom is -0.479 e. The molecule has 1 unspecified atom stereocenters. The van der Waals surface area contributed by atoms with Crippen molar-refractivity contribution >= 4 is 17.6 Å². The zero-order valence-corrected chi connectivity index (χ0v) is 20.5. The van der Waals surface area contributed by atoms with E-state index in [4.69, 9.17) is 9.47 Å². The molecule has 1 N–H and O–H groups in total. The number of nitrogens with one attached hydrogen (secondary N) is 1. The van der Waals surface area contributed by atoms with Crippen LogP contribution >= 0.6 is 0 Å². The zero-order valence-electron chi connectivity index (χ0n) is 20.5. The number of ether oxygens (including phenoxy) is 2. The van der Waals surface area contributed by atoms with Gasteiger partial charge in [0, 0.05) is 11.3 Å². The fourth-order valence-corrected chi connectivity index (χ4v) is 4.26. The summed E-state index contributed by atoms with van der Waals surface area (Å²) >= 11 is 0. The molecule has 2 aromatic carbocycles. The lowest BCUT2D eigenvalue weighted by Gasteiger charge is -2.23. The molecule has 178 valence electrons. The number of hydrogen-bond donors (Lipinski definition) is 1. The van der Waals surface area contributed by atoms with E-state index in [1.54, 1.807) is 31.2 Å². The molecule has 0 saturated heterocycles. The molecule has 1 saturated carbocycles. The number of rotatable bonds is 8. The van der Waals surface area contributed by atoms with Gasteiger partial charge in [-0.2, -0.15) is 0 Å². The topological polar surface area (TPSA) is 64.6 Å².